The molecule has 0 aromatic heterocycles. The molecule has 1 aliphatic rings. The van der Waals surface area contributed by atoms with Gasteiger partial charge in [0.05, 0.1) is 19.2 Å². The molecule has 2 amide bonds. The van der Waals surface area contributed by atoms with Crippen LogP contribution in [0.1, 0.15) is 15.9 Å². The number of anilines is 2. The van der Waals surface area contributed by atoms with E-state index in [0.29, 0.717) is 22.0 Å². The lowest BCUT2D eigenvalue weighted by Crippen LogP contribution is -2.13. The Kier molecular flexibility index (Phi) is 3.73. The number of carbonyl (C=O) groups is 2. The summed E-state index contributed by atoms with van der Waals surface area (Å²) in [6, 6.07) is 10.1. The fraction of sp³-hybridized carbons (Fsp3) is 0.125. The summed E-state index contributed by atoms with van der Waals surface area (Å²) in [7, 11) is 1.52. The Labute approximate surface area is 132 Å². The van der Waals surface area contributed by atoms with Crippen LogP contribution in [0.3, 0.4) is 0 Å². The monoisotopic (exact) mass is 316 g/mol. The minimum Gasteiger partial charge on any atom is -0.495 e. The Hall–Kier alpha value is -2.53. The predicted octanol–water partition coefficient (Wildman–Crippen LogP) is 3.10. The zero-order chi connectivity index (χ0) is 15.7. The first kappa shape index (κ1) is 14.4. The molecule has 22 heavy (non-hydrogen) atoms. The van der Waals surface area contributed by atoms with E-state index in [1.54, 1.807) is 36.4 Å². The summed E-state index contributed by atoms with van der Waals surface area (Å²) in [6.07, 6.45) is 0.289. The summed E-state index contributed by atoms with van der Waals surface area (Å²) in [5.74, 6) is 0.169. The highest BCUT2D eigenvalue weighted by atomic mass is 35.5. The molecule has 0 spiro atoms. The molecule has 0 aliphatic carbocycles. The van der Waals surface area contributed by atoms with Crippen molar-refractivity contribution >= 4 is 34.8 Å². The topological polar surface area (TPSA) is 67.4 Å². The van der Waals surface area contributed by atoms with E-state index in [4.69, 9.17) is 16.3 Å². The Bertz CT molecular complexity index is 774. The molecule has 0 atom stereocenters. The van der Waals surface area contributed by atoms with Gasteiger partial charge in [-0.25, -0.2) is 0 Å². The molecule has 0 saturated heterocycles. The zero-order valence-corrected chi connectivity index (χ0v) is 12.5. The van der Waals surface area contributed by atoms with Gasteiger partial charge < -0.3 is 15.4 Å². The van der Waals surface area contributed by atoms with E-state index in [0.717, 1.165) is 11.3 Å². The Morgan fingerprint density at radius 3 is 2.86 bits per heavy atom. The molecule has 0 radical (unpaired) electrons. The Balaban J connectivity index is 1.85. The van der Waals surface area contributed by atoms with Crippen LogP contribution in [0.2, 0.25) is 5.02 Å². The first-order chi connectivity index (χ1) is 10.6. The summed E-state index contributed by atoms with van der Waals surface area (Å²) in [5, 5.41) is 6.00. The Morgan fingerprint density at radius 2 is 2.09 bits per heavy atom. The smallest absolute Gasteiger partial charge is 0.255 e. The number of rotatable bonds is 3. The molecule has 6 heteroatoms. The quantitative estimate of drug-likeness (QED) is 0.914. The molecule has 3 rings (SSSR count). The van der Waals surface area contributed by atoms with E-state index in [9.17, 15) is 9.59 Å². The van der Waals surface area contributed by atoms with Gasteiger partial charge in [-0.15, -0.1) is 0 Å². The molecule has 2 aromatic carbocycles. The number of amides is 2. The van der Waals surface area contributed by atoms with Crippen molar-refractivity contribution in [3.05, 3.63) is 52.5 Å². The van der Waals surface area contributed by atoms with Crippen LogP contribution in [0.5, 0.6) is 5.75 Å². The molecular weight excluding hydrogens is 304 g/mol. The third kappa shape index (κ3) is 2.76. The van der Waals surface area contributed by atoms with Crippen LogP contribution in [0.25, 0.3) is 0 Å². The van der Waals surface area contributed by atoms with E-state index in [2.05, 4.69) is 10.6 Å². The second-order valence-electron chi connectivity index (χ2n) is 4.90. The summed E-state index contributed by atoms with van der Waals surface area (Å²) >= 11 is 5.94. The lowest BCUT2D eigenvalue weighted by atomic mass is 10.1. The van der Waals surface area contributed by atoms with Crippen molar-refractivity contribution < 1.29 is 14.3 Å². The first-order valence-electron chi connectivity index (χ1n) is 6.64. The number of fused-ring (bicyclic) bond motifs is 1. The summed E-state index contributed by atoms with van der Waals surface area (Å²) in [5.41, 5.74) is 2.53. The van der Waals surface area contributed by atoms with Crippen LogP contribution in [0, 0.1) is 0 Å². The SMILES string of the molecule is COc1ccc(Cl)cc1NC(=O)c1ccc2c(c1)CC(=O)N2. The predicted molar refractivity (Wildman–Crippen MR) is 84.7 cm³/mol. The largest absolute Gasteiger partial charge is 0.495 e. The highest BCUT2D eigenvalue weighted by Gasteiger charge is 2.19. The molecule has 0 saturated carbocycles. The molecule has 0 unspecified atom stereocenters. The number of carbonyl (C=O) groups excluding carboxylic acids is 2. The molecule has 2 N–H and O–H groups in total. The lowest BCUT2D eigenvalue weighted by Gasteiger charge is -2.11. The first-order valence-corrected chi connectivity index (χ1v) is 7.02. The van der Waals surface area contributed by atoms with Crippen LogP contribution in [-0.4, -0.2) is 18.9 Å². The van der Waals surface area contributed by atoms with Gasteiger partial charge in [-0.1, -0.05) is 11.6 Å². The standard InChI is InChI=1S/C16H13ClN2O3/c1-22-14-5-3-11(17)8-13(14)19-16(21)9-2-4-12-10(6-9)7-15(20)18-12/h2-6,8H,7H2,1H3,(H,18,20)(H,19,21). The van der Waals surface area contributed by atoms with E-state index < -0.39 is 0 Å². The normalized spacial score (nSPS) is 12.5. The lowest BCUT2D eigenvalue weighted by molar-refractivity contribution is -0.115. The molecular formula is C16H13ClN2O3. The average molecular weight is 317 g/mol. The highest BCUT2D eigenvalue weighted by molar-refractivity contribution is 6.31. The van der Waals surface area contributed by atoms with Gasteiger partial charge in [-0.05, 0) is 42.0 Å². The number of nitrogens with one attached hydrogen (secondary N) is 2. The minimum absolute atomic E-state index is 0.0657. The average Bonchev–Trinajstić information content (AvgIpc) is 2.86. The molecule has 0 bridgehead atoms. The van der Waals surface area contributed by atoms with Crippen LogP contribution >= 0.6 is 11.6 Å². The number of methoxy groups -OCH3 is 1. The number of hydrogen-bond acceptors (Lipinski definition) is 3. The molecule has 2 aromatic rings. The van der Waals surface area contributed by atoms with Gasteiger partial charge in [-0.3, -0.25) is 9.59 Å². The maximum atomic E-state index is 12.4. The molecule has 1 aliphatic heterocycles. The van der Waals surface area contributed by atoms with Crippen molar-refractivity contribution in [1.29, 1.82) is 0 Å². The van der Waals surface area contributed by atoms with Crippen molar-refractivity contribution in [1.82, 2.24) is 0 Å². The van der Waals surface area contributed by atoms with Crippen molar-refractivity contribution in [2.75, 3.05) is 17.7 Å². The van der Waals surface area contributed by atoms with Crippen molar-refractivity contribution in [3.63, 3.8) is 0 Å². The van der Waals surface area contributed by atoms with Crippen molar-refractivity contribution in [2.45, 2.75) is 6.42 Å². The van der Waals surface area contributed by atoms with Gasteiger partial charge in [0.25, 0.3) is 5.91 Å². The number of halogens is 1. The second kappa shape index (κ2) is 5.69. The van der Waals surface area contributed by atoms with Gasteiger partial charge in [0.1, 0.15) is 5.75 Å². The van der Waals surface area contributed by atoms with E-state index in [1.165, 1.54) is 7.11 Å². The fourth-order valence-electron chi connectivity index (χ4n) is 2.34. The minimum atomic E-state index is -0.289. The Morgan fingerprint density at radius 1 is 1.27 bits per heavy atom. The van der Waals surface area contributed by atoms with Crippen LogP contribution in [0.15, 0.2) is 36.4 Å². The number of hydrogen-bond donors (Lipinski definition) is 2. The molecule has 0 fully saturated rings. The third-order valence-electron chi connectivity index (χ3n) is 3.40. The summed E-state index contributed by atoms with van der Waals surface area (Å²) in [4.78, 5) is 23.7. The van der Waals surface area contributed by atoms with Crippen LogP contribution < -0.4 is 15.4 Å². The highest BCUT2D eigenvalue weighted by Crippen LogP contribution is 2.29. The molecule has 1 heterocycles. The second-order valence-corrected chi connectivity index (χ2v) is 5.33. The van der Waals surface area contributed by atoms with E-state index in [1.807, 2.05) is 0 Å². The van der Waals surface area contributed by atoms with Gasteiger partial charge in [0.2, 0.25) is 5.91 Å². The van der Waals surface area contributed by atoms with E-state index >= 15 is 0 Å². The molecule has 5 nitrogen and oxygen atoms in total. The summed E-state index contributed by atoms with van der Waals surface area (Å²) in [6.45, 7) is 0. The van der Waals surface area contributed by atoms with E-state index in [-0.39, 0.29) is 18.2 Å². The summed E-state index contributed by atoms with van der Waals surface area (Å²) < 4.78 is 5.20. The van der Waals surface area contributed by atoms with Gasteiger partial charge in [0.15, 0.2) is 0 Å². The van der Waals surface area contributed by atoms with Gasteiger partial charge in [-0.2, -0.15) is 0 Å². The van der Waals surface area contributed by atoms with Crippen LogP contribution in [0.4, 0.5) is 11.4 Å². The van der Waals surface area contributed by atoms with Gasteiger partial charge >= 0.3 is 0 Å². The van der Waals surface area contributed by atoms with Crippen molar-refractivity contribution in [2.24, 2.45) is 0 Å². The zero-order valence-electron chi connectivity index (χ0n) is 11.8. The third-order valence-corrected chi connectivity index (χ3v) is 3.64. The van der Waals surface area contributed by atoms with Gasteiger partial charge in [0, 0.05) is 16.3 Å². The number of benzene rings is 2. The fourth-order valence-corrected chi connectivity index (χ4v) is 2.52. The molecule has 112 valence electrons. The maximum Gasteiger partial charge on any atom is 0.255 e. The van der Waals surface area contributed by atoms with Crippen LogP contribution in [-0.2, 0) is 11.2 Å². The van der Waals surface area contributed by atoms with Crippen molar-refractivity contribution in [3.8, 4) is 5.75 Å². The maximum absolute atomic E-state index is 12.4. The number of ether oxygens (including phenoxy) is 1.